The molecule has 1 atom stereocenters. The Kier molecular flexibility index (Phi) is 8.50. The van der Waals surface area contributed by atoms with E-state index in [1.807, 2.05) is 0 Å². The van der Waals surface area contributed by atoms with E-state index in [-0.39, 0.29) is 16.2 Å². The Bertz CT molecular complexity index is 1460. The SMILES string of the molecule is CCS(=O)(=O)c1ccc([C@H](CO)NC(=O)c2ccc(N3CCCN(c4ccc(C(F)(F)F)cc4)C3=O)cc2)cc1. The number of nitrogens with zero attached hydrogens (tertiary/aromatic N) is 2. The van der Waals surface area contributed by atoms with E-state index in [1.165, 1.54) is 58.3 Å². The van der Waals surface area contributed by atoms with E-state index in [0.717, 1.165) is 12.1 Å². The first-order valence-electron chi connectivity index (χ1n) is 12.6. The lowest BCUT2D eigenvalue weighted by molar-refractivity contribution is -0.137. The van der Waals surface area contributed by atoms with Gasteiger partial charge in [0.1, 0.15) is 0 Å². The molecule has 3 aromatic carbocycles. The Hall–Kier alpha value is -3.90. The summed E-state index contributed by atoms with van der Waals surface area (Å²) in [5.74, 6) is -0.522. The molecule has 12 heteroatoms. The Morgan fingerprint density at radius 1 is 0.925 bits per heavy atom. The lowest BCUT2D eigenvalue weighted by atomic mass is 10.1. The van der Waals surface area contributed by atoms with Crippen LogP contribution >= 0.6 is 0 Å². The fourth-order valence-electron chi connectivity index (χ4n) is 4.38. The van der Waals surface area contributed by atoms with Crippen LogP contribution in [0.4, 0.5) is 29.3 Å². The van der Waals surface area contributed by atoms with Gasteiger partial charge in [0.15, 0.2) is 9.84 Å². The van der Waals surface area contributed by atoms with Crippen molar-refractivity contribution in [1.29, 1.82) is 0 Å². The van der Waals surface area contributed by atoms with Crippen LogP contribution in [0.5, 0.6) is 0 Å². The van der Waals surface area contributed by atoms with Gasteiger partial charge in [-0.25, -0.2) is 13.2 Å². The molecule has 0 bridgehead atoms. The summed E-state index contributed by atoms with van der Waals surface area (Å²) in [6, 6.07) is 15.5. The van der Waals surface area contributed by atoms with E-state index in [9.17, 15) is 36.3 Å². The summed E-state index contributed by atoms with van der Waals surface area (Å²) in [6.45, 7) is 1.89. The van der Waals surface area contributed by atoms with Crippen molar-refractivity contribution in [1.82, 2.24) is 5.32 Å². The second kappa shape index (κ2) is 11.7. The second-order valence-corrected chi connectivity index (χ2v) is 11.5. The molecule has 1 aliphatic heterocycles. The Morgan fingerprint density at radius 3 is 1.93 bits per heavy atom. The molecular weight excluding hydrogens is 547 g/mol. The summed E-state index contributed by atoms with van der Waals surface area (Å²) < 4.78 is 62.8. The van der Waals surface area contributed by atoms with Crippen LogP contribution in [0.25, 0.3) is 0 Å². The number of carbonyl (C=O) groups excluding carboxylic acids is 2. The van der Waals surface area contributed by atoms with E-state index in [4.69, 9.17) is 0 Å². The fourth-order valence-corrected chi connectivity index (χ4v) is 5.26. The predicted octanol–water partition coefficient (Wildman–Crippen LogP) is 4.80. The number of hydrogen-bond acceptors (Lipinski definition) is 5. The number of amides is 3. The lowest BCUT2D eigenvalue weighted by Gasteiger charge is -2.35. The van der Waals surface area contributed by atoms with Gasteiger partial charge in [-0.3, -0.25) is 14.6 Å². The van der Waals surface area contributed by atoms with Crippen molar-refractivity contribution < 1.29 is 36.3 Å². The molecule has 0 aromatic heterocycles. The van der Waals surface area contributed by atoms with Crippen molar-refractivity contribution in [3.05, 3.63) is 89.5 Å². The first-order chi connectivity index (χ1) is 18.9. The molecule has 3 amide bonds. The zero-order valence-corrected chi connectivity index (χ0v) is 22.4. The molecule has 4 rings (SSSR count). The minimum Gasteiger partial charge on any atom is -0.394 e. The standard InChI is InChI=1S/C28H28F3N3O5S/c1-2-40(38,39)24-14-6-19(7-15-24)25(18-35)32-26(36)20-4-10-22(11-5-20)33-16-3-17-34(27(33)37)23-12-8-21(9-13-23)28(29,30)31/h4-15,25,35H,2-3,16-18H2,1H3,(H,32,36)/t25-/m0/s1. The summed E-state index contributed by atoms with van der Waals surface area (Å²) in [5, 5.41) is 12.5. The van der Waals surface area contributed by atoms with Crippen LogP contribution in [0.3, 0.4) is 0 Å². The third-order valence-electron chi connectivity index (χ3n) is 6.68. The highest BCUT2D eigenvalue weighted by Gasteiger charge is 2.32. The molecule has 0 spiro atoms. The molecule has 1 heterocycles. The summed E-state index contributed by atoms with van der Waals surface area (Å²) in [7, 11) is -3.38. The molecule has 0 unspecified atom stereocenters. The van der Waals surface area contributed by atoms with Gasteiger partial charge in [-0.15, -0.1) is 0 Å². The number of sulfone groups is 1. The highest BCUT2D eigenvalue weighted by Crippen LogP contribution is 2.32. The Labute approximate surface area is 229 Å². The van der Waals surface area contributed by atoms with E-state index in [0.29, 0.717) is 36.4 Å². The normalized spacial score (nSPS) is 15.2. The average molecular weight is 576 g/mol. The second-order valence-electron chi connectivity index (χ2n) is 9.21. The van der Waals surface area contributed by atoms with Crippen molar-refractivity contribution >= 4 is 33.2 Å². The van der Waals surface area contributed by atoms with Crippen molar-refractivity contribution in [2.45, 2.75) is 30.5 Å². The van der Waals surface area contributed by atoms with Crippen LogP contribution < -0.4 is 15.1 Å². The van der Waals surface area contributed by atoms with Crippen LogP contribution in [-0.4, -0.2) is 50.9 Å². The Balaban J connectivity index is 1.44. The number of hydrogen-bond donors (Lipinski definition) is 2. The topological polar surface area (TPSA) is 107 Å². The third-order valence-corrected chi connectivity index (χ3v) is 8.43. The molecule has 212 valence electrons. The highest BCUT2D eigenvalue weighted by molar-refractivity contribution is 7.91. The lowest BCUT2D eigenvalue weighted by Crippen LogP contribution is -2.49. The maximum atomic E-state index is 13.2. The van der Waals surface area contributed by atoms with Crippen LogP contribution in [0.1, 0.15) is 40.9 Å². The van der Waals surface area contributed by atoms with Gasteiger partial charge in [0, 0.05) is 30.0 Å². The molecule has 40 heavy (non-hydrogen) atoms. The molecule has 0 radical (unpaired) electrons. The van der Waals surface area contributed by atoms with Gasteiger partial charge < -0.3 is 10.4 Å². The number of urea groups is 1. The maximum Gasteiger partial charge on any atom is 0.416 e. The summed E-state index contributed by atoms with van der Waals surface area (Å²) >= 11 is 0. The first-order valence-corrected chi connectivity index (χ1v) is 14.2. The number of nitrogens with one attached hydrogen (secondary N) is 1. The van der Waals surface area contributed by atoms with Crippen LogP contribution in [0.2, 0.25) is 0 Å². The van der Waals surface area contributed by atoms with Gasteiger partial charge in [0.25, 0.3) is 5.91 Å². The summed E-state index contributed by atoms with van der Waals surface area (Å²) in [5.41, 5.74) is 0.885. The van der Waals surface area contributed by atoms with E-state index in [2.05, 4.69) is 5.32 Å². The third kappa shape index (κ3) is 6.28. The number of rotatable bonds is 8. The van der Waals surface area contributed by atoms with Crippen molar-refractivity contribution in [3.8, 4) is 0 Å². The minimum atomic E-state index is -4.47. The highest BCUT2D eigenvalue weighted by atomic mass is 32.2. The zero-order valence-electron chi connectivity index (χ0n) is 21.6. The van der Waals surface area contributed by atoms with Gasteiger partial charge in [-0.05, 0) is 72.6 Å². The molecule has 8 nitrogen and oxygen atoms in total. The number of alkyl halides is 3. The number of benzene rings is 3. The smallest absolute Gasteiger partial charge is 0.394 e. The average Bonchev–Trinajstić information content (AvgIpc) is 2.95. The number of anilines is 2. The number of carbonyl (C=O) groups is 2. The van der Waals surface area contributed by atoms with Crippen LogP contribution in [0.15, 0.2) is 77.7 Å². The van der Waals surface area contributed by atoms with Gasteiger partial charge in [0.2, 0.25) is 0 Å². The molecule has 3 aromatic rings. The Morgan fingerprint density at radius 2 is 1.45 bits per heavy atom. The quantitative estimate of drug-likeness (QED) is 0.402. The number of halogens is 3. The van der Waals surface area contributed by atoms with Crippen LogP contribution in [0, 0.1) is 0 Å². The summed E-state index contributed by atoms with van der Waals surface area (Å²) in [6.07, 6.45) is -3.88. The number of aliphatic hydroxyl groups excluding tert-OH is 1. The van der Waals surface area contributed by atoms with Crippen LogP contribution in [-0.2, 0) is 16.0 Å². The predicted molar refractivity (Wildman–Crippen MR) is 144 cm³/mol. The van der Waals surface area contributed by atoms with Crippen molar-refractivity contribution in [2.24, 2.45) is 0 Å². The van der Waals surface area contributed by atoms with Gasteiger partial charge in [-0.1, -0.05) is 19.1 Å². The van der Waals surface area contributed by atoms with Gasteiger partial charge >= 0.3 is 12.2 Å². The summed E-state index contributed by atoms with van der Waals surface area (Å²) in [4.78, 5) is 29.1. The largest absolute Gasteiger partial charge is 0.416 e. The molecule has 0 aliphatic carbocycles. The zero-order chi connectivity index (χ0) is 29.1. The minimum absolute atomic E-state index is 0.0430. The molecule has 2 N–H and O–H groups in total. The first kappa shape index (κ1) is 29.1. The molecule has 1 saturated heterocycles. The molecule has 1 aliphatic rings. The van der Waals surface area contributed by atoms with E-state index >= 15 is 0 Å². The molecule has 1 fully saturated rings. The molecule has 0 saturated carbocycles. The monoisotopic (exact) mass is 575 g/mol. The van der Waals surface area contributed by atoms with Gasteiger partial charge in [0.05, 0.1) is 28.9 Å². The van der Waals surface area contributed by atoms with E-state index < -0.39 is 46.2 Å². The maximum absolute atomic E-state index is 13.2. The van der Waals surface area contributed by atoms with E-state index in [1.54, 1.807) is 19.1 Å². The molecular formula is C28H28F3N3O5S. The van der Waals surface area contributed by atoms with Gasteiger partial charge in [-0.2, -0.15) is 13.2 Å². The fraction of sp³-hybridized carbons (Fsp3) is 0.286. The van der Waals surface area contributed by atoms with Crippen molar-refractivity contribution in [2.75, 3.05) is 35.2 Å². The number of aliphatic hydroxyl groups is 1. The van der Waals surface area contributed by atoms with Crippen molar-refractivity contribution in [3.63, 3.8) is 0 Å².